The molecule has 5 heterocycles. The van der Waals surface area contributed by atoms with Gasteiger partial charge < -0.3 is 43.3 Å². The fourth-order valence-electron chi connectivity index (χ4n) is 8.90. The van der Waals surface area contributed by atoms with E-state index in [4.69, 9.17) is 37.8 Å². The third-order valence-electron chi connectivity index (χ3n) is 12.1. The number of aliphatic hydroxyl groups excluding tert-OH is 1. The maximum absolute atomic E-state index is 15.4. The van der Waals surface area contributed by atoms with E-state index in [1.165, 1.54) is 32.2 Å². The number of aliphatic hydroxyl groups is 1. The molecular formula is C47H53N3O12. The summed E-state index contributed by atoms with van der Waals surface area (Å²) < 4.78 is 43.7. The summed E-state index contributed by atoms with van der Waals surface area (Å²) >= 11 is 0. The Kier molecular flexibility index (Phi) is 11.8. The number of nitrogens with one attached hydrogen (secondary N) is 1. The number of ether oxygens (including phenoxy) is 6. The van der Waals surface area contributed by atoms with Crippen molar-refractivity contribution < 1.29 is 47.5 Å². The molecule has 1 saturated heterocycles. The molecule has 4 aliphatic heterocycles. The van der Waals surface area contributed by atoms with Crippen LogP contribution < -0.4 is 35.6 Å². The summed E-state index contributed by atoms with van der Waals surface area (Å²) in [6, 6.07) is 2.85. The summed E-state index contributed by atoms with van der Waals surface area (Å²) in [6.45, 7) is 16.0. The van der Waals surface area contributed by atoms with Gasteiger partial charge in [-0.1, -0.05) is 39.0 Å². The molecule has 0 radical (unpaired) electrons. The quantitative estimate of drug-likeness (QED) is 0.133. The number of carbonyl (C=O) groups excluding carboxylic acids is 2. The third kappa shape index (κ3) is 8.11. The van der Waals surface area contributed by atoms with E-state index in [0.717, 1.165) is 19.5 Å². The van der Waals surface area contributed by atoms with Gasteiger partial charge in [0, 0.05) is 68.1 Å². The van der Waals surface area contributed by atoms with Crippen molar-refractivity contribution in [2.24, 2.45) is 17.8 Å². The largest absolute Gasteiger partial charge is 0.505 e. The first-order chi connectivity index (χ1) is 29.6. The number of esters is 1. The first-order valence-corrected chi connectivity index (χ1v) is 21.3. The second-order valence-corrected chi connectivity index (χ2v) is 17.1. The lowest BCUT2D eigenvalue weighted by Crippen LogP contribution is -2.41. The van der Waals surface area contributed by atoms with Crippen molar-refractivity contribution in [1.82, 2.24) is 9.88 Å². The van der Waals surface area contributed by atoms with Crippen molar-refractivity contribution in [2.75, 3.05) is 44.8 Å². The van der Waals surface area contributed by atoms with Crippen molar-refractivity contribution in [3.8, 4) is 17.2 Å². The lowest BCUT2D eigenvalue weighted by molar-refractivity contribution is -0.155. The lowest BCUT2D eigenvalue weighted by atomic mass is 9.86. The molecule has 15 heteroatoms. The van der Waals surface area contributed by atoms with Crippen molar-refractivity contribution in [2.45, 2.75) is 85.7 Å². The van der Waals surface area contributed by atoms with Crippen LogP contribution in [0.25, 0.3) is 38.7 Å². The van der Waals surface area contributed by atoms with Crippen LogP contribution in [0.1, 0.15) is 66.4 Å². The van der Waals surface area contributed by atoms with E-state index in [2.05, 4.69) is 24.1 Å². The van der Waals surface area contributed by atoms with Crippen LogP contribution in [-0.2, 0) is 23.8 Å². The Balaban J connectivity index is 1.44. The summed E-state index contributed by atoms with van der Waals surface area (Å²) in [5.41, 5.74) is -1.14. The molecule has 1 aromatic heterocycles. The molecule has 328 valence electrons. The highest BCUT2D eigenvalue weighted by atomic mass is 16.7. The zero-order valence-corrected chi connectivity index (χ0v) is 36.1. The fourth-order valence-corrected chi connectivity index (χ4v) is 8.90. The Morgan fingerprint density at radius 1 is 1.05 bits per heavy atom. The van der Waals surface area contributed by atoms with E-state index >= 15 is 4.79 Å². The number of morpholine rings is 1. The van der Waals surface area contributed by atoms with E-state index in [-0.39, 0.29) is 91.2 Å². The van der Waals surface area contributed by atoms with E-state index < -0.39 is 40.7 Å². The molecule has 15 nitrogen and oxygen atoms in total. The van der Waals surface area contributed by atoms with Crippen LogP contribution in [0, 0.1) is 24.7 Å². The summed E-state index contributed by atoms with van der Waals surface area (Å²) in [5, 5.41) is 15.0. The minimum absolute atomic E-state index is 0.00402. The van der Waals surface area contributed by atoms with Gasteiger partial charge in [0.2, 0.25) is 10.9 Å². The first-order valence-electron chi connectivity index (χ1n) is 21.3. The van der Waals surface area contributed by atoms with Gasteiger partial charge in [-0.05, 0) is 51.0 Å². The van der Waals surface area contributed by atoms with E-state index in [9.17, 15) is 19.5 Å². The molecule has 6 atom stereocenters. The Bertz CT molecular complexity index is 2730. The predicted octanol–water partition coefficient (Wildman–Crippen LogP) is 6.12. The summed E-state index contributed by atoms with van der Waals surface area (Å²) in [4.78, 5) is 63.2. The summed E-state index contributed by atoms with van der Waals surface area (Å²) in [6.07, 6.45) is 8.66. The molecule has 0 aliphatic carbocycles. The maximum Gasteiger partial charge on any atom is 0.307 e. The van der Waals surface area contributed by atoms with Gasteiger partial charge in [0.1, 0.15) is 47.3 Å². The molecule has 3 aromatic carbocycles. The Morgan fingerprint density at radius 2 is 1.82 bits per heavy atom. The topological polar surface area (TPSA) is 185 Å². The molecule has 62 heavy (non-hydrogen) atoms. The zero-order valence-electron chi connectivity index (χ0n) is 36.1. The molecular weight excluding hydrogens is 799 g/mol. The lowest BCUT2D eigenvalue weighted by Gasteiger charge is -2.34. The van der Waals surface area contributed by atoms with Crippen molar-refractivity contribution in [3.05, 3.63) is 79.5 Å². The Labute approximate surface area is 357 Å². The highest BCUT2D eigenvalue weighted by Crippen LogP contribution is 2.44. The molecule has 0 saturated carbocycles. The average molecular weight is 852 g/mol. The third-order valence-corrected chi connectivity index (χ3v) is 12.1. The van der Waals surface area contributed by atoms with Crippen LogP contribution in [-0.4, -0.2) is 84.3 Å². The van der Waals surface area contributed by atoms with Crippen LogP contribution in [0.15, 0.2) is 62.3 Å². The minimum atomic E-state index is -1.77. The number of carbonyl (C=O) groups is 2. The maximum atomic E-state index is 15.4. The van der Waals surface area contributed by atoms with Gasteiger partial charge >= 0.3 is 11.8 Å². The zero-order chi connectivity index (χ0) is 44.0. The predicted molar refractivity (Wildman–Crippen MR) is 232 cm³/mol. The number of amides is 1. The van der Waals surface area contributed by atoms with Crippen molar-refractivity contribution in [1.29, 1.82) is 0 Å². The van der Waals surface area contributed by atoms with Gasteiger partial charge in [-0.15, -0.1) is 0 Å². The standard InChI is InChI=1S/C47H53N3O12/c1-24-10-8-11-27(4)46(55)49-39-40(53)35-34(38-44(39)60-32-23-30(22-31(52)37(32)48-38)57-19-15-50-13-17-56-18-14-50)36-43-28(5)42(35)61-33(21-25(2)20-24)41(59-29(6)51)26(3)12-9-16-58-47(7,62-43)45(36)54/h8-11,16,22-26,33,41,54H,12-15,17-21H2,1-7H3,(H,49,55)/b10-8+,16-9+,27-11-/t24?,25-,26-,33?,41?,47+/m1/s1. The number of hydrogen-bond acceptors (Lipinski definition) is 14. The normalized spacial score (nSPS) is 27.7. The molecule has 3 unspecified atom stereocenters. The number of anilines is 1. The van der Waals surface area contributed by atoms with Gasteiger partial charge in [-0.2, -0.15) is 0 Å². The van der Waals surface area contributed by atoms with Gasteiger partial charge in [-0.25, -0.2) is 4.98 Å². The smallest absolute Gasteiger partial charge is 0.307 e. The molecule has 1 fully saturated rings. The number of hydrogen-bond donors (Lipinski definition) is 2. The second-order valence-electron chi connectivity index (χ2n) is 17.1. The number of aromatic nitrogens is 1. The number of fused-ring (bicyclic) bond motifs is 8. The second kappa shape index (κ2) is 17.1. The molecule has 6 bridgehead atoms. The summed E-state index contributed by atoms with van der Waals surface area (Å²) in [5.74, 6) is -2.96. The molecule has 1 amide bonds. The molecule has 4 aliphatic rings. The monoisotopic (exact) mass is 851 g/mol. The first kappa shape index (κ1) is 42.7. The summed E-state index contributed by atoms with van der Waals surface area (Å²) in [7, 11) is 0. The number of allylic oxidation sites excluding steroid dienone is 4. The van der Waals surface area contributed by atoms with E-state index in [1.54, 1.807) is 26.0 Å². The Hall–Kier alpha value is -5.93. The van der Waals surface area contributed by atoms with Gasteiger partial charge in [0.25, 0.3) is 5.91 Å². The minimum Gasteiger partial charge on any atom is -0.505 e. The van der Waals surface area contributed by atoms with Crippen molar-refractivity contribution >= 4 is 56.3 Å². The number of nitrogens with zero attached hydrogens (tertiary/aromatic N) is 2. The van der Waals surface area contributed by atoms with E-state index in [0.29, 0.717) is 43.7 Å². The molecule has 0 spiro atoms. The van der Waals surface area contributed by atoms with Crippen molar-refractivity contribution in [3.63, 3.8) is 0 Å². The van der Waals surface area contributed by atoms with Crippen LogP contribution in [0.3, 0.4) is 0 Å². The Morgan fingerprint density at radius 3 is 2.58 bits per heavy atom. The van der Waals surface area contributed by atoms with Gasteiger partial charge in [0.15, 0.2) is 22.4 Å². The fraction of sp³-hybridized carbons (Fsp3) is 0.468. The van der Waals surface area contributed by atoms with Crippen LogP contribution in [0.5, 0.6) is 17.2 Å². The highest BCUT2D eigenvalue weighted by Gasteiger charge is 2.44. The molecule has 8 rings (SSSR count). The molecule has 4 aromatic rings. The number of benzene rings is 3. The van der Waals surface area contributed by atoms with Crippen LogP contribution >= 0.6 is 0 Å². The SMILES string of the molecule is CC(=O)OC1C2C[C@H](C)CC(C)/C=C/C=C(/C)C(=O)Nc3c(=O)c4c(c(C)c5c(c4c4nc6c(=O)cc(OCCN7CCOCC7)cc6oc34)=C(O)[C@@](C)(O/C=C/C[C@H]1C)O5)O2. The average Bonchev–Trinajstić information content (AvgIpc) is 3.49. The van der Waals surface area contributed by atoms with Crippen LogP contribution in [0.2, 0.25) is 0 Å². The highest BCUT2D eigenvalue weighted by molar-refractivity contribution is 6.17. The van der Waals surface area contributed by atoms with E-state index in [1.807, 2.05) is 19.1 Å². The number of rotatable bonds is 5. The molecule has 2 N–H and O–H groups in total. The van der Waals surface area contributed by atoms with Gasteiger partial charge in [-0.3, -0.25) is 24.1 Å². The van der Waals surface area contributed by atoms with Gasteiger partial charge in [0.05, 0.1) is 30.1 Å². The van der Waals surface area contributed by atoms with Crippen LogP contribution in [0.4, 0.5) is 5.69 Å².